The lowest BCUT2D eigenvalue weighted by Crippen LogP contribution is -2.35. The first-order valence-corrected chi connectivity index (χ1v) is 6.26. The van der Waals surface area contributed by atoms with E-state index in [9.17, 15) is 15.3 Å². The molecule has 1 aliphatic rings. The summed E-state index contributed by atoms with van der Waals surface area (Å²) in [5.74, 6) is 0.410. The normalized spacial score (nSPS) is 30.0. The van der Waals surface area contributed by atoms with Gasteiger partial charge in [0.1, 0.15) is 23.5 Å². The number of hydrogen-bond donors (Lipinski definition) is 5. The molecule has 3 heterocycles. The van der Waals surface area contributed by atoms with E-state index in [1.54, 1.807) is 6.20 Å². The van der Waals surface area contributed by atoms with Crippen LogP contribution in [0.25, 0.3) is 11.0 Å². The number of hydrogen-bond acceptors (Lipinski definition) is 7. The predicted molar refractivity (Wildman–Crippen MR) is 69.2 cm³/mol. The zero-order valence-corrected chi connectivity index (χ0v) is 10.8. The van der Waals surface area contributed by atoms with Crippen molar-refractivity contribution in [2.24, 2.45) is 0 Å². The number of aliphatic hydroxyl groups is 3. The van der Waals surface area contributed by atoms with Crippen LogP contribution in [0.15, 0.2) is 12.5 Å². The number of aromatic nitrogens is 3. The third-order valence-corrected chi connectivity index (χ3v) is 3.68. The highest BCUT2D eigenvalue weighted by Crippen LogP contribution is 2.33. The van der Waals surface area contributed by atoms with Gasteiger partial charge in [-0.2, -0.15) is 4.98 Å². The number of aromatic amines is 1. The van der Waals surface area contributed by atoms with Crippen molar-refractivity contribution in [1.82, 2.24) is 20.3 Å². The Morgan fingerprint density at radius 1 is 1.30 bits per heavy atom. The van der Waals surface area contributed by atoms with Crippen molar-refractivity contribution in [3.05, 3.63) is 18.1 Å². The van der Waals surface area contributed by atoms with Crippen molar-refractivity contribution in [1.29, 1.82) is 0 Å². The minimum atomic E-state index is -1.03. The summed E-state index contributed by atoms with van der Waals surface area (Å²) in [4.78, 5) is 11.2. The standard InChI is InChI=1S/C12H16N4O4/c1-20-12-9-7(14-4-15-12)5(2-13-9)8-11(19)10(18)6(3-17)16-8/h2,4,6,8,10-11,13,16-19H,3H2,1H3/t6-,8+,10-,11+/m1/s1. The molecule has 5 N–H and O–H groups in total. The maximum atomic E-state index is 10.1. The first kappa shape index (κ1) is 13.3. The van der Waals surface area contributed by atoms with E-state index < -0.39 is 24.3 Å². The van der Waals surface area contributed by atoms with E-state index in [-0.39, 0.29) is 6.61 Å². The summed E-state index contributed by atoms with van der Waals surface area (Å²) in [6.07, 6.45) is 1.01. The number of nitrogens with one attached hydrogen (secondary N) is 2. The van der Waals surface area contributed by atoms with E-state index in [2.05, 4.69) is 20.3 Å². The average molecular weight is 280 g/mol. The van der Waals surface area contributed by atoms with Crippen molar-refractivity contribution in [2.45, 2.75) is 24.3 Å². The Morgan fingerprint density at radius 3 is 2.75 bits per heavy atom. The third kappa shape index (κ3) is 1.85. The van der Waals surface area contributed by atoms with Gasteiger partial charge in [-0.3, -0.25) is 0 Å². The van der Waals surface area contributed by atoms with Gasteiger partial charge in [-0.1, -0.05) is 0 Å². The molecule has 2 aromatic rings. The highest BCUT2D eigenvalue weighted by Gasteiger charge is 2.42. The molecule has 0 radical (unpaired) electrons. The number of H-pyrrole nitrogens is 1. The lowest BCUT2D eigenvalue weighted by atomic mass is 10.0. The Bertz CT molecular complexity index is 617. The number of fused-ring (bicyclic) bond motifs is 1. The fourth-order valence-corrected chi connectivity index (χ4v) is 2.63. The number of rotatable bonds is 3. The predicted octanol–water partition coefficient (Wildman–Crippen LogP) is -1.31. The van der Waals surface area contributed by atoms with E-state index in [1.807, 2.05) is 0 Å². The van der Waals surface area contributed by atoms with Crippen LogP contribution in [0, 0.1) is 0 Å². The van der Waals surface area contributed by atoms with Gasteiger partial charge >= 0.3 is 0 Å². The van der Waals surface area contributed by atoms with Crippen molar-refractivity contribution in [2.75, 3.05) is 13.7 Å². The van der Waals surface area contributed by atoms with Gasteiger partial charge in [-0.25, -0.2) is 4.98 Å². The number of aliphatic hydroxyl groups excluding tert-OH is 3. The smallest absolute Gasteiger partial charge is 0.241 e. The van der Waals surface area contributed by atoms with Crippen molar-refractivity contribution < 1.29 is 20.1 Å². The van der Waals surface area contributed by atoms with E-state index in [1.165, 1.54) is 13.4 Å². The number of methoxy groups -OCH3 is 1. The molecular weight excluding hydrogens is 264 g/mol. The van der Waals surface area contributed by atoms with E-state index in [4.69, 9.17) is 4.74 Å². The van der Waals surface area contributed by atoms with E-state index in [0.717, 1.165) is 0 Å². The Morgan fingerprint density at radius 2 is 2.10 bits per heavy atom. The second-order valence-electron chi connectivity index (χ2n) is 4.77. The van der Waals surface area contributed by atoms with Gasteiger partial charge in [0.2, 0.25) is 5.88 Å². The largest absolute Gasteiger partial charge is 0.479 e. The van der Waals surface area contributed by atoms with Crippen LogP contribution in [0.2, 0.25) is 0 Å². The van der Waals surface area contributed by atoms with Crippen LogP contribution in [0.3, 0.4) is 0 Å². The summed E-state index contributed by atoms with van der Waals surface area (Å²) < 4.78 is 5.14. The molecule has 0 bridgehead atoms. The highest BCUT2D eigenvalue weighted by molar-refractivity contribution is 5.83. The molecule has 0 spiro atoms. The fourth-order valence-electron chi connectivity index (χ4n) is 2.63. The molecule has 1 saturated heterocycles. The zero-order valence-electron chi connectivity index (χ0n) is 10.8. The van der Waals surface area contributed by atoms with Gasteiger partial charge in [-0.05, 0) is 0 Å². The van der Waals surface area contributed by atoms with E-state index in [0.29, 0.717) is 22.5 Å². The van der Waals surface area contributed by atoms with Crippen LogP contribution in [0.1, 0.15) is 11.6 Å². The van der Waals surface area contributed by atoms with Gasteiger partial charge < -0.3 is 30.4 Å². The fraction of sp³-hybridized carbons (Fsp3) is 0.500. The summed E-state index contributed by atoms with van der Waals surface area (Å²) in [5.41, 5.74) is 1.93. The molecule has 20 heavy (non-hydrogen) atoms. The van der Waals surface area contributed by atoms with Crippen LogP contribution in [-0.4, -0.2) is 62.2 Å². The molecule has 0 aromatic carbocycles. The summed E-state index contributed by atoms with van der Waals surface area (Å²) >= 11 is 0. The molecule has 0 saturated carbocycles. The van der Waals surface area contributed by atoms with Gasteiger partial charge in [0.25, 0.3) is 0 Å². The van der Waals surface area contributed by atoms with Gasteiger partial charge in [0.15, 0.2) is 0 Å². The molecule has 108 valence electrons. The van der Waals surface area contributed by atoms with Crippen LogP contribution >= 0.6 is 0 Å². The van der Waals surface area contributed by atoms with Gasteiger partial charge in [0.05, 0.1) is 31.9 Å². The van der Waals surface area contributed by atoms with Crippen LogP contribution in [-0.2, 0) is 0 Å². The zero-order chi connectivity index (χ0) is 14.3. The molecule has 1 aliphatic heterocycles. The molecule has 3 rings (SSSR count). The quantitative estimate of drug-likeness (QED) is 0.473. The van der Waals surface area contributed by atoms with Crippen molar-refractivity contribution >= 4 is 11.0 Å². The molecular formula is C12H16N4O4. The lowest BCUT2D eigenvalue weighted by Gasteiger charge is -2.14. The van der Waals surface area contributed by atoms with Crippen LogP contribution in [0.4, 0.5) is 0 Å². The Labute approximate surface area is 114 Å². The maximum absolute atomic E-state index is 10.1. The number of nitrogens with zero attached hydrogens (tertiary/aromatic N) is 2. The molecule has 4 atom stereocenters. The van der Waals surface area contributed by atoms with E-state index >= 15 is 0 Å². The van der Waals surface area contributed by atoms with Crippen molar-refractivity contribution in [3.63, 3.8) is 0 Å². The maximum Gasteiger partial charge on any atom is 0.241 e. The minimum absolute atomic E-state index is 0.255. The highest BCUT2D eigenvalue weighted by atomic mass is 16.5. The summed E-state index contributed by atoms with van der Waals surface area (Å²) in [6, 6.07) is -1.08. The first-order valence-electron chi connectivity index (χ1n) is 6.26. The van der Waals surface area contributed by atoms with Gasteiger partial charge in [-0.15, -0.1) is 0 Å². The topological polar surface area (TPSA) is 124 Å². The third-order valence-electron chi connectivity index (χ3n) is 3.68. The number of ether oxygens (including phenoxy) is 1. The SMILES string of the molecule is COc1ncnc2c([C@@H]3N[C@H](CO)[C@@H](O)[C@H]3O)c[nH]c12. The Kier molecular flexibility index (Phi) is 3.30. The molecule has 0 unspecified atom stereocenters. The minimum Gasteiger partial charge on any atom is -0.479 e. The average Bonchev–Trinajstić information content (AvgIpc) is 3.01. The van der Waals surface area contributed by atoms with Gasteiger partial charge in [0, 0.05) is 11.8 Å². The molecule has 1 fully saturated rings. The van der Waals surface area contributed by atoms with Crippen LogP contribution in [0.5, 0.6) is 5.88 Å². The summed E-state index contributed by atoms with van der Waals surface area (Å²) in [5, 5.41) is 32.1. The van der Waals surface area contributed by atoms with Crippen LogP contribution < -0.4 is 10.1 Å². The monoisotopic (exact) mass is 280 g/mol. The first-order chi connectivity index (χ1) is 9.67. The summed E-state index contributed by atoms with van der Waals surface area (Å²) in [6.45, 7) is -0.255. The second-order valence-corrected chi connectivity index (χ2v) is 4.77. The molecule has 0 amide bonds. The second kappa shape index (κ2) is 4.98. The Balaban J connectivity index is 2.03. The molecule has 8 heteroatoms. The summed E-state index contributed by atoms with van der Waals surface area (Å²) in [7, 11) is 1.51. The van der Waals surface area contributed by atoms with Crippen molar-refractivity contribution in [3.8, 4) is 5.88 Å². The molecule has 8 nitrogen and oxygen atoms in total. The molecule has 0 aliphatic carbocycles. The Hall–Kier alpha value is -1.74. The molecule has 2 aromatic heterocycles. The lowest BCUT2D eigenvalue weighted by molar-refractivity contribution is 0.0196.